The molecule has 1 atom stereocenters. The van der Waals surface area contributed by atoms with Crippen molar-refractivity contribution in [3.63, 3.8) is 0 Å². The Morgan fingerprint density at radius 2 is 2.04 bits per heavy atom. The van der Waals surface area contributed by atoms with Crippen molar-refractivity contribution < 1.29 is 9.53 Å². The summed E-state index contributed by atoms with van der Waals surface area (Å²) in [6, 6.07) is 15.4. The summed E-state index contributed by atoms with van der Waals surface area (Å²) in [4.78, 5) is 15.7. The van der Waals surface area contributed by atoms with Crippen molar-refractivity contribution in [1.29, 1.82) is 0 Å². The van der Waals surface area contributed by atoms with E-state index in [1.165, 1.54) is 0 Å². The topological polar surface area (TPSA) is 88.7 Å². The number of hydrogen-bond donors (Lipinski definition) is 3. The largest absolute Gasteiger partial charge is 0.487 e. The maximum absolute atomic E-state index is 11.3. The van der Waals surface area contributed by atoms with Gasteiger partial charge in [-0.3, -0.25) is 9.79 Å². The summed E-state index contributed by atoms with van der Waals surface area (Å²) < 4.78 is 6.09. The molecule has 4 N–H and O–H groups in total. The molecule has 0 aliphatic carbocycles. The van der Waals surface area contributed by atoms with Crippen LogP contribution in [-0.2, 0) is 6.54 Å². The molecular weight excluding hydrogens is 340 g/mol. The number of rotatable bonds is 4. The molecule has 0 bridgehead atoms. The predicted molar refractivity (Wildman–Crippen MR) is 107 cm³/mol. The second-order valence-corrected chi connectivity index (χ2v) is 7.29. The van der Waals surface area contributed by atoms with Crippen molar-refractivity contribution in [1.82, 2.24) is 10.6 Å². The van der Waals surface area contributed by atoms with Crippen molar-refractivity contribution in [2.45, 2.75) is 38.5 Å². The van der Waals surface area contributed by atoms with Gasteiger partial charge in [-0.2, -0.15) is 0 Å². The van der Waals surface area contributed by atoms with E-state index in [4.69, 9.17) is 10.5 Å². The first kappa shape index (κ1) is 18.8. The van der Waals surface area contributed by atoms with Gasteiger partial charge in [-0.25, -0.2) is 0 Å². The van der Waals surface area contributed by atoms with Crippen LogP contribution in [0.1, 0.15) is 47.8 Å². The maximum Gasteiger partial charge on any atom is 0.248 e. The highest BCUT2D eigenvalue weighted by atomic mass is 16.5. The lowest BCUT2D eigenvalue weighted by Crippen LogP contribution is -2.45. The summed E-state index contributed by atoms with van der Waals surface area (Å²) in [6.07, 6.45) is 0.821. The second-order valence-electron chi connectivity index (χ2n) is 7.29. The monoisotopic (exact) mass is 366 g/mol. The molecule has 1 aliphatic heterocycles. The van der Waals surface area contributed by atoms with Gasteiger partial charge in [0.2, 0.25) is 5.91 Å². The molecular formula is C21H26N4O2. The number of nitrogens with zero attached hydrogens (tertiary/aromatic N) is 1. The number of carbonyl (C=O) groups excluding carboxylic acids is 1. The fraction of sp³-hybridized carbons (Fsp3) is 0.333. The Bertz CT molecular complexity index is 861. The molecule has 1 heterocycles. The maximum atomic E-state index is 11.3. The summed E-state index contributed by atoms with van der Waals surface area (Å²) in [5.74, 6) is 1.16. The van der Waals surface area contributed by atoms with Gasteiger partial charge in [0.25, 0.3) is 0 Å². The average molecular weight is 366 g/mol. The first-order valence-electron chi connectivity index (χ1n) is 9.02. The smallest absolute Gasteiger partial charge is 0.248 e. The number of benzene rings is 2. The van der Waals surface area contributed by atoms with Crippen LogP contribution in [0.3, 0.4) is 0 Å². The average Bonchev–Trinajstić information content (AvgIpc) is 2.64. The van der Waals surface area contributed by atoms with E-state index in [0.29, 0.717) is 18.1 Å². The van der Waals surface area contributed by atoms with Gasteiger partial charge < -0.3 is 21.1 Å². The molecule has 3 rings (SSSR count). The molecule has 1 amide bonds. The normalized spacial score (nSPS) is 18.2. The molecule has 1 aliphatic rings. The number of fused-ring (bicyclic) bond motifs is 1. The van der Waals surface area contributed by atoms with Gasteiger partial charge in [0.15, 0.2) is 5.96 Å². The lowest BCUT2D eigenvalue weighted by atomic mass is 9.90. The number of ether oxygens (including phenoxy) is 1. The van der Waals surface area contributed by atoms with Crippen LogP contribution in [0.2, 0.25) is 0 Å². The first-order chi connectivity index (χ1) is 12.9. The van der Waals surface area contributed by atoms with E-state index in [1.807, 2.05) is 30.3 Å². The van der Waals surface area contributed by atoms with Crippen LogP contribution in [0, 0.1) is 0 Å². The zero-order chi connectivity index (χ0) is 19.4. The molecule has 0 saturated carbocycles. The zero-order valence-corrected chi connectivity index (χ0v) is 16.0. The quantitative estimate of drug-likeness (QED) is 0.573. The van der Waals surface area contributed by atoms with Gasteiger partial charge >= 0.3 is 0 Å². The molecule has 142 valence electrons. The van der Waals surface area contributed by atoms with Crippen molar-refractivity contribution in [2.75, 3.05) is 7.05 Å². The van der Waals surface area contributed by atoms with Crippen LogP contribution < -0.4 is 21.1 Å². The number of guanidine groups is 1. The van der Waals surface area contributed by atoms with Gasteiger partial charge in [0.1, 0.15) is 11.4 Å². The lowest BCUT2D eigenvalue weighted by molar-refractivity contribution is 0.0694. The number of nitrogens with two attached hydrogens (primary N) is 1. The van der Waals surface area contributed by atoms with E-state index in [-0.39, 0.29) is 11.6 Å². The Balaban J connectivity index is 1.71. The molecule has 0 fully saturated rings. The standard InChI is InChI=1S/C21H26N4O2/c1-21(2)12-17(16-9-4-5-10-18(16)27-21)25-20(23-3)24-13-14-7-6-8-15(11-14)19(22)26/h4-11,17H,12-13H2,1-3H3,(H2,22,26)(H2,23,24,25). The molecule has 0 radical (unpaired) electrons. The number of aliphatic imine (C=N–C) groups is 1. The SMILES string of the molecule is CN=C(NCc1cccc(C(N)=O)c1)NC1CC(C)(C)Oc2ccccc21. The zero-order valence-electron chi connectivity index (χ0n) is 16.0. The van der Waals surface area contributed by atoms with E-state index in [1.54, 1.807) is 19.2 Å². The van der Waals surface area contributed by atoms with Crippen LogP contribution in [0.4, 0.5) is 0 Å². The number of para-hydroxylation sites is 1. The molecule has 2 aromatic rings. The fourth-order valence-corrected chi connectivity index (χ4v) is 3.31. The first-order valence-corrected chi connectivity index (χ1v) is 9.02. The molecule has 6 nitrogen and oxygen atoms in total. The summed E-state index contributed by atoms with van der Waals surface area (Å²) in [5.41, 5.74) is 7.67. The summed E-state index contributed by atoms with van der Waals surface area (Å²) in [5, 5.41) is 6.80. The Morgan fingerprint density at radius 1 is 1.26 bits per heavy atom. The predicted octanol–water partition coefficient (Wildman–Crippen LogP) is 2.75. The Morgan fingerprint density at radius 3 is 2.78 bits per heavy atom. The third-order valence-electron chi connectivity index (χ3n) is 4.58. The van der Waals surface area contributed by atoms with Crippen molar-refractivity contribution in [3.8, 4) is 5.75 Å². The number of nitrogens with one attached hydrogen (secondary N) is 2. The Labute approximate surface area is 159 Å². The Kier molecular flexibility index (Phi) is 5.35. The van der Waals surface area contributed by atoms with E-state index in [0.717, 1.165) is 23.3 Å². The molecule has 0 aromatic heterocycles. The minimum atomic E-state index is -0.430. The van der Waals surface area contributed by atoms with Crippen molar-refractivity contribution in [3.05, 3.63) is 65.2 Å². The van der Waals surface area contributed by atoms with E-state index in [2.05, 4.69) is 35.5 Å². The molecule has 0 saturated heterocycles. The van der Waals surface area contributed by atoms with Gasteiger partial charge in [-0.1, -0.05) is 30.3 Å². The third-order valence-corrected chi connectivity index (χ3v) is 4.58. The van der Waals surface area contributed by atoms with Crippen LogP contribution in [0.15, 0.2) is 53.5 Å². The van der Waals surface area contributed by atoms with E-state index in [9.17, 15) is 4.79 Å². The second kappa shape index (κ2) is 7.70. The van der Waals surface area contributed by atoms with Gasteiger partial charge in [-0.15, -0.1) is 0 Å². The Hall–Kier alpha value is -3.02. The molecule has 6 heteroatoms. The molecule has 1 unspecified atom stereocenters. The number of hydrogen-bond acceptors (Lipinski definition) is 3. The molecule has 2 aromatic carbocycles. The van der Waals surface area contributed by atoms with Crippen molar-refractivity contribution in [2.24, 2.45) is 10.7 Å². The van der Waals surface area contributed by atoms with Gasteiger partial charge in [0, 0.05) is 31.1 Å². The minimum absolute atomic E-state index is 0.0908. The van der Waals surface area contributed by atoms with Crippen molar-refractivity contribution >= 4 is 11.9 Å². The summed E-state index contributed by atoms with van der Waals surface area (Å²) in [7, 11) is 1.74. The van der Waals surface area contributed by atoms with Crippen LogP contribution in [0.25, 0.3) is 0 Å². The molecule has 0 spiro atoms. The van der Waals surface area contributed by atoms with Gasteiger partial charge in [0.05, 0.1) is 6.04 Å². The van der Waals surface area contributed by atoms with E-state index < -0.39 is 5.91 Å². The van der Waals surface area contributed by atoms with Crippen LogP contribution >= 0.6 is 0 Å². The minimum Gasteiger partial charge on any atom is -0.487 e. The third kappa shape index (κ3) is 4.58. The number of amides is 1. The fourth-order valence-electron chi connectivity index (χ4n) is 3.31. The summed E-state index contributed by atoms with van der Waals surface area (Å²) in [6.45, 7) is 4.71. The highest BCUT2D eigenvalue weighted by molar-refractivity contribution is 5.92. The highest BCUT2D eigenvalue weighted by Gasteiger charge is 2.33. The van der Waals surface area contributed by atoms with E-state index >= 15 is 0 Å². The van der Waals surface area contributed by atoms with Crippen LogP contribution in [-0.4, -0.2) is 24.5 Å². The highest BCUT2D eigenvalue weighted by Crippen LogP contribution is 2.39. The van der Waals surface area contributed by atoms with Gasteiger partial charge in [-0.05, 0) is 37.6 Å². The number of primary amides is 1. The van der Waals surface area contributed by atoms with Crippen LogP contribution in [0.5, 0.6) is 5.75 Å². The lowest BCUT2D eigenvalue weighted by Gasteiger charge is -2.38. The number of carbonyl (C=O) groups is 1. The molecule has 27 heavy (non-hydrogen) atoms. The summed E-state index contributed by atoms with van der Waals surface area (Å²) >= 11 is 0.